The van der Waals surface area contributed by atoms with E-state index in [2.05, 4.69) is 76.5 Å². The van der Waals surface area contributed by atoms with Gasteiger partial charge >= 0.3 is 0 Å². The fourth-order valence-electron chi connectivity index (χ4n) is 1.88. The summed E-state index contributed by atoms with van der Waals surface area (Å²) in [5, 5.41) is 0.306. The van der Waals surface area contributed by atoms with Gasteiger partial charge in [-0.1, -0.05) is 39.8 Å². The molecule has 20 heavy (non-hydrogen) atoms. The van der Waals surface area contributed by atoms with Crippen LogP contribution in [0.4, 0.5) is 0 Å². The number of hydrogen-bond acceptors (Lipinski definition) is 3. The van der Waals surface area contributed by atoms with Crippen LogP contribution in [0.25, 0.3) is 0 Å². The van der Waals surface area contributed by atoms with E-state index in [1.807, 2.05) is 0 Å². The van der Waals surface area contributed by atoms with Crippen molar-refractivity contribution in [1.29, 1.82) is 0 Å². The number of thioether (sulfide) groups is 2. The third-order valence-corrected chi connectivity index (χ3v) is 12.1. The van der Waals surface area contributed by atoms with Crippen molar-refractivity contribution in [3.63, 3.8) is 0 Å². The smallest absolute Gasteiger partial charge is 0.192 e. The second-order valence-electron chi connectivity index (χ2n) is 7.04. The average molecular weight is 333 g/mol. The van der Waals surface area contributed by atoms with E-state index in [4.69, 9.17) is 4.43 Å². The summed E-state index contributed by atoms with van der Waals surface area (Å²) in [6, 6.07) is 0. The molecular formula is C16H32OS2Si. The summed E-state index contributed by atoms with van der Waals surface area (Å²) in [7, 11) is -1.59. The molecule has 1 nitrogen and oxygen atoms in total. The lowest BCUT2D eigenvalue weighted by Crippen LogP contribution is -2.40. The zero-order chi connectivity index (χ0) is 15.2. The van der Waals surface area contributed by atoms with Crippen LogP contribution in [0.2, 0.25) is 18.1 Å². The molecule has 1 rings (SSSR count). The van der Waals surface area contributed by atoms with Gasteiger partial charge in [0.25, 0.3) is 0 Å². The van der Waals surface area contributed by atoms with E-state index in [0.717, 1.165) is 11.2 Å². The highest BCUT2D eigenvalue weighted by atomic mass is 32.2. The van der Waals surface area contributed by atoms with Gasteiger partial charge in [-0.05, 0) is 48.4 Å². The maximum absolute atomic E-state index is 6.21. The summed E-state index contributed by atoms with van der Waals surface area (Å²) < 4.78 is 6.98. The van der Waals surface area contributed by atoms with E-state index in [1.165, 1.54) is 24.3 Å². The minimum atomic E-state index is -1.59. The van der Waals surface area contributed by atoms with Crippen molar-refractivity contribution in [3.8, 4) is 0 Å². The first-order valence-electron chi connectivity index (χ1n) is 7.82. The van der Waals surface area contributed by atoms with Crippen LogP contribution < -0.4 is 0 Å². The van der Waals surface area contributed by atoms with Gasteiger partial charge < -0.3 is 4.43 Å². The molecule has 0 radical (unpaired) electrons. The largest absolute Gasteiger partial charge is 0.413 e. The quantitative estimate of drug-likeness (QED) is 0.450. The maximum atomic E-state index is 6.21. The zero-order valence-corrected chi connectivity index (χ0v) is 16.7. The minimum absolute atomic E-state index is 0.306. The Labute approximate surface area is 135 Å². The van der Waals surface area contributed by atoms with Crippen LogP contribution in [0.5, 0.6) is 0 Å². The topological polar surface area (TPSA) is 9.23 Å². The molecule has 1 heterocycles. The fourth-order valence-corrected chi connectivity index (χ4v) is 6.11. The summed E-state index contributed by atoms with van der Waals surface area (Å²) in [4.78, 5) is 0. The first kappa shape index (κ1) is 18.7. The Kier molecular flexibility index (Phi) is 7.75. The van der Waals surface area contributed by atoms with E-state index in [-0.39, 0.29) is 0 Å². The Morgan fingerprint density at radius 1 is 1.25 bits per heavy atom. The monoisotopic (exact) mass is 332 g/mol. The molecule has 1 atom stereocenters. The van der Waals surface area contributed by atoms with Crippen LogP contribution in [0.1, 0.15) is 40.5 Å². The highest BCUT2D eigenvalue weighted by molar-refractivity contribution is 8.17. The minimum Gasteiger partial charge on any atom is -0.413 e. The van der Waals surface area contributed by atoms with Crippen LogP contribution in [-0.4, -0.2) is 31.0 Å². The molecule has 0 aromatic rings. The lowest BCUT2D eigenvalue weighted by Gasteiger charge is -2.35. The van der Waals surface area contributed by atoms with Gasteiger partial charge in [0.15, 0.2) is 8.32 Å². The first-order chi connectivity index (χ1) is 9.28. The predicted octanol–water partition coefficient (Wildman–Crippen LogP) is 5.79. The van der Waals surface area contributed by atoms with Crippen molar-refractivity contribution < 1.29 is 4.43 Å². The molecular weight excluding hydrogens is 300 g/mol. The molecule has 1 fully saturated rings. The normalized spacial score (nSPS) is 20.5. The molecule has 0 aromatic heterocycles. The molecule has 0 saturated carbocycles. The molecule has 1 saturated heterocycles. The fraction of sp³-hybridized carbons (Fsp3) is 0.875. The highest BCUT2D eigenvalue weighted by Crippen LogP contribution is 2.38. The number of allylic oxidation sites excluding steroid dienone is 1. The summed E-state index contributed by atoms with van der Waals surface area (Å²) in [5.74, 6) is 3.37. The highest BCUT2D eigenvalue weighted by Gasteiger charge is 2.36. The summed E-state index contributed by atoms with van der Waals surface area (Å²) in [5.41, 5.74) is 0. The molecule has 0 aromatic carbocycles. The molecule has 4 heteroatoms. The van der Waals surface area contributed by atoms with E-state index in [0.29, 0.717) is 11.0 Å². The second kappa shape index (κ2) is 8.30. The van der Waals surface area contributed by atoms with Crippen LogP contribution in [0.3, 0.4) is 0 Å². The van der Waals surface area contributed by atoms with Gasteiger partial charge in [-0.25, -0.2) is 0 Å². The Balaban J connectivity index is 2.42. The predicted molar refractivity (Wildman–Crippen MR) is 99.4 cm³/mol. The lowest BCUT2D eigenvalue weighted by molar-refractivity contribution is 0.327. The molecule has 1 aliphatic rings. The van der Waals surface area contributed by atoms with Gasteiger partial charge in [-0.3, -0.25) is 0 Å². The number of rotatable bonds is 6. The van der Waals surface area contributed by atoms with E-state index in [9.17, 15) is 0 Å². The zero-order valence-electron chi connectivity index (χ0n) is 14.1. The second-order valence-corrected chi connectivity index (χ2v) is 14.6. The van der Waals surface area contributed by atoms with Gasteiger partial charge in [-0.2, -0.15) is 0 Å². The number of hydrogen-bond donors (Lipinski definition) is 0. The van der Waals surface area contributed by atoms with Gasteiger partial charge in [0, 0.05) is 0 Å². The average Bonchev–Trinajstić information content (AvgIpc) is 2.38. The Bertz CT molecular complexity index is 304. The lowest BCUT2D eigenvalue weighted by atomic mass is 10.1. The van der Waals surface area contributed by atoms with E-state index < -0.39 is 8.32 Å². The van der Waals surface area contributed by atoms with Gasteiger partial charge in [-0.15, -0.1) is 23.5 Å². The maximum Gasteiger partial charge on any atom is 0.192 e. The van der Waals surface area contributed by atoms with Crippen LogP contribution in [0, 0.1) is 5.92 Å². The molecule has 0 amide bonds. The third-order valence-electron chi connectivity index (χ3n) is 4.40. The molecule has 0 N–H and O–H groups in total. The van der Waals surface area contributed by atoms with Crippen molar-refractivity contribution in [1.82, 2.24) is 0 Å². The van der Waals surface area contributed by atoms with Crippen molar-refractivity contribution >= 4 is 31.8 Å². The van der Waals surface area contributed by atoms with Crippen molar-refractivity contribution in [2.75, 3.05) is 18.1 Å². The molecule has 0 spiro atoms. The summed E-state index contributed by atoms with van der Waals surface area (Å²) >= 11 is 4.29. The molecule has 0 bridgehead atoms. The standard InChI is InChI=1S/C16H32OS2Si/c1-7-14(15-18-12-9-13-19-15)10-8-11-17-20(5,6)16(2,3)4/h8,10,14-15H,7,9,11-13H2,1-6H3/b10-8-/t14-/m1/s1. The molecule has 0 aliphatic carbocycles. The Morgan fingerprint density at radius 2 is 1.85 bits per heavy atom. The molecule has 0 unspecified atom stereocenters. The van der Waals surface area contributed by atoms with E-state index in [1.54, 1.807) is 0 Å². The SMILES string of the molecule is CC[C@H](/C=C\CO[Si](C)(C)C(C)(C)C)C1SCCCS1. The summed E-state index contributed by atoms with van der Waals surface area (Å²) in [6.07, 6.45) is 7.29. The van der Waals surface area contributed by atoms with Gasteiger partial charge in [0.2, 0.25) is 0 Å². The van der Waals surface area contributed by atoms with Gasteiger partial charge in [0.05, 0.1) is 11.2 Å². The Morgan fingerprint density at radius 3 is 2.35 bits per heavy atom. The summed E-state index contributed by atoms with van der Waals surface area (Å²) in [6.45, 7) is 14.6. The van der Waals surface area contributed by atoms with Crippen LogP contribution in [-0.2, 0) is 4.43 Å². The van der Waals surface area contributed by atoms with Crippen molar-refractivity contribution in [3.05, 3.63) is 12.2 Å². The van der Waals surface area contributed by atoms with Crippen molar-refractivity contribution in [2.45, 2.75) is 63.3 Å². The van der Waals surface area contributed by atoms with Crippen LogP contribution >= 0.6 is 23.5 Å². The van der Waals surface area contributed by atoms with Crippen LogP contribution in [0.15, 0.2) is 12.2 Å². The molecule has 118 valence electrons. The Hall–Kier alpha value is 0.617. The van der Waals surface area contributed by atoms with Gasteiger partial charge in [0.1, 0.15) is 0 Å². The van der Waals surface area contributed by atoms with Crippen molar-refractivity contribution in [2.24, 2.45) is 5.92 Å². The third kappa shape index (κ3) is 5.78. The van der Waals surface area contributed by atoms with E-state index >= 15 is 0 Å². The molecule has 1 aliphatic heterocycles. The first-order valence-corrected chi connectivity index (χ1v) is 12.8.